The van der Waals surface area contributed by atoms with Gasteiger partial charge in [-0.3, -0.25) is 4.79 Å². The maximum absolute atomic E-state index is 10.5. The van der Waals surface area contributed by atoms with Crippen molar-refractivity contribution in [3.05, 3.63) is 24.0 Å². The summed E-state index contributed by atoms with van der Waals surface area (Å²) in [4.78, 5) is 10.5. The molecule has 0 fully saturated rings. The van der Waals surface area contributed by atoms with Crippen LogP contribution in [0.15, 0.2) is 18.3 Å². The van der Waals surface area contributed by atoms with Gasteiger partial charge in [0.25, 0.3) is 0 Å². The Morgan fingerprint density at radius 1 is 1.62 bits per heavy atom. The minimum atomic E-state index is -0.676. The van der Waals surface area contributed by atoms with Crippen molar-refractivity contribution in [1.82, 2.24) is 4.57 Å². The summed E-state index contributed by atoms with van der Waals surface area (Å²) in [5.41, 5.74) is -0.0195. The molecule has 0 spiro atoms. The molecule has 0 aromatic carbocycles. The molecular formula is C10H15NO2. The number of aromatic nitrogens is 1. The van der Waals surface area contributed by atoms with E-state index in [9.17, 15) is 9.90 Å². The second-order valence-electron chi connectivity index (χ2n) is 3.81. The lowest BCUT2D eigenvalue weighted by atomic mass is 10.1. The molecule has 1 rings (SSSR count). The average Bonchev–Trinajstić information content (AvgIpc) is 2.46. The SMILES string of the molecule is CC(C)(O)CCn1cccc1C=O. The summed E-state index contributed by atoms with van der Waals surface area (Å²) in [5, 5.41) is 9.48. The highest BCUT2D eigenvalue weighted by molar-refractivity contribution is 5.72. The third-order valence-corrected chi connectivity index (χ3v) is 1.95. The second-order valence-corrected chi connectivity index (χ2v) is 3.81. The number of aliphatic hydroxyl groups is 1. The van der Waals surface area contributed by atoms with E-state index in [1.165, 1.54) is 0 Å². The van der Waals surface area contributed by atoms with Crippen LogP contribution in [0, 0.1) is 0 Å². The van der Waals surface area contributed by atoms with Crippen LogP contribution in [0.1, 0.15) is 30.8 Å². The molecule has 3 nitrogen and oxygen atoms in total. The summed E-state index contributed by atoms with van der Waals surface area (Å²) < 4.78 is 1.84. The summed E-state index contributed by atoms with van der Waals surface area (Å²) in [5.74, 6) is 0. The van der Waals surface area contributed by atoms with Gasteiger partial charge >= 0.3 is 0 Å². The molecular weight excluding hydrogens is 166 g/mol. The fourth-order valence-electron chi connectivity index (χ4n) is 1.13. The van der Waals surface area contributed by atoms with Crippen LogP contribution in [-0.2, 0) is 6.54 Å². The van der Waals surface area contributed by atoms with Crippen LogP contribution in [-0.4, -0.2) is 21.6 Å². The van der Waals surface area contributed by atoms with Gasteiger partial charge in [0.2, 0.25) is 0 Å². The summed E-state index contributed by atoms with van der Waals surface area (Å²) in [6.07, 6.45) is 3.31. The van der Waals surface area contributed by atoms with E-state index in [4.69, 9.17) is 0 Å². The molecule has 0 bridgehead atoms. The summed E-state index contributed by atoms with van der Waals surface area (Å²) in [7, 11) is 0. The van der Waals surface area contributed by atoms with Gasteiger partial charge in [0.15, 0.2) is 6.29 Å². The number of aldehydes is 1. The first-order valence-electron chi connectivity index (χ1n) is 4.35. The Kier molecular flexibility index (Phi) is 2.88. The zero-order valence-corrected chi connectivity index (χ0v) is 8.03. The van der Waals surface area contributed by atoms with Crippen molar-refractivity contribution in [2.75, 3.05) is 0 Å². The van der Waals surface area contributed by atoms with Crippen molar-refractivity contribution in [3.63, 3.8) is 0 Å². The number of hydrogen-bond donors (Lipinski definition) is 1. The van der Waals surface area contributed by atoms with E-state index >= 15 is 0 Å². The van der Waals surface area contributed by atoms with Crippen molar-refractivity contribution in [1.29, 1.82) is 0 Å². The van der Waals surface area contributed by atoms with Crippen LogP contribution < -0.4 is 0 Å². The van der Waals surface area contributed by atoms with Gasteiger partial charge in [0, 0.05) is 12.7 Å². The quantitative estimate of drug-likeness (QED) is 0.714. The second kappa shape index (κ2) is 3.75. The van der Waals surface area contributed by atoms with E-state index < -0.39 is 5.60 Å². The Hall–Kier alpha value is -1.09. The highest BCUT2D eigenvalue weighted by atomic mass is 16.3. The standard InChI is InChI=1S/C10H15NO2/c1-10(2,13)5-7-11-6-3-4-9(11)8-12/h3-4,6,8,13H,5,7H2,1-2H3. The molecule has 3 heteroatoms. The predicted molar refractivity (Wildman–Crippen MR) is 50.7 cm³/mol. The summed E-state index contributed by atoms with van der Waals surface area (Å²) >= 11 is 0. The van der Waals surface area contributed by atoms with Crippen LogP contribution in [0.5, 0.6) is 0 Å². The molecule has 0 aliphatic carbocycles. The van der Waals surface area contributed by atoms with Crippen molar-refractivity contribution < 1.29 is 9.90 Å². The van der Waals surface area contributed by atoms with Crippen molar-refractivity contribution in [2.45, 2.75) is 32.4 Å². The van der Waals surface area contributed by atoms with E-state index in [1.807, 2.05) is 16.8 Å². The first kappa shape index (κ1) is 9.99. The normalized spacial score (nSPS) is 11.6. The zero-order chi connectivity index (χ0) is 9.90. The van der Waals surface area contributed by atoms with Gasteiger partial charge in [0.05, 0.1) is 11.3 Å². The number of rotatable bonds is 4. The molecule has 1 aromatic heterocycles. The van der Waals surface area contributed by atoms with Crippen molar-refractivity contribution in [3.8, 4) is 0 Å². The zero-order valence-electron chi connectivity index (χ0n) is 8.03. The fraction of sp³-hybridized carbons (Fsp3) is 0.500. The van der Waals surface area contributed by atoms with E-state index in [-0.39, 0.29) is 0 Å². The maximum atomic E-state index is 10.5. The molecule has 0 saturated heterocycles. The largest absolute Gasteiger partial charge is 0.390 e. The lowest BCUT2D eigenvalue weighted by molar-refractivity contribution is 0.0659. The van der Waals surface area contributed by atoms with Gasteiger partial charge < -0.3 is 9.67 Å². The molecule has 13 heavy (non-hydrogen) atoms. The third kappa shape index (κ3) is 3.03. The maximum Gasteiger partial charge on any atom is 0.166 e. The van der Waals surface area contributed by atoms with Crippen LogP contribution in [0.25, 0.3) is 0 Å². The molecule has 1 N–H and O–H groups in total. The van der Waals surface area contributed by atoms with Gasteiger partial charge in [-0.1, -0.05) is 0 Å². The number of aryl methyl sites for hydroxylation is 1. The first-order valence-corrected chi connectivity index (χ1v) is 4.35. The lowest BCUT2D eigenvalue weighted by Gasteiger charge is -2.17. The predicted octanol–water partition coefficient (Wildman–Crippen LogP) is 1.46. The summed E-state index contributed by atoms with van der Waals surface area (Å²) in [6.45, 7) is 4.19. The molecule has 72 valence electrons. The van der Waals surface area contributed by atoms with E-state index in [2.05, 4.69) is 0 Å². The minimum Gasteiger partial charge on any atom is -0.390 e. The number of carbonyl (C=O) groups is 1. The smallest absolute Gasteiger partial charge is 0.166 e. The van der Waals surface area contributed by atoms with Gasteiger partial charge in [-0.05, 0) is 32.4 Å². The van der Waals surface area contributed by atoms with Gasteiger partial charge in [0.1, 0.15) is 0 Å². The van der Waals surface area contributed by atoms with Gasteiger partial charge in [-0.15, -0.1) is 0 Å². The molecule has 1 aromatic rings. The molecule has 0 unspecified atom stereocenters. The topological polar surface area (TPSA) is 42.2 Å². The van der Waals surface area contributed by atoms with Gasteiger partial charge in [-0.25, -0.2) is 0 Å². The van der Waals surface area contributed by atoms with Crippen LogP contribution in [0.4, 0.5) is 0 Å². The number of hydrogen-bond acceptors (Lipinski definition) is 2. The molecule has 0 amide bonds. The molecule has 0 saturated carbocycles. The molecule has 0 atom stereocenters. The van der Waals surface area contributed by atoms with E-state index in [0.29, 0.717) is 18.7 Å². The highest BCUT2D eigenvalue weighted by Gasteiger charge is 2.12. The summed E-state index contributed by atoms with van der Waals surface area (Å²) in [6, 6.07) is 3.59. The molecule has 0 aliphatic heterocycles. The Morgan fingerprint density at radius 2 is 2.31 bits per heavy atom. The van der Waals surface area contributed by atoms with Crippen LogP contribution in [0.3, 0.4) is 0 Å². The third-order valence-electron chi connectivity index (χ3n) is 1.95. The minimum absolute atomic E-state index is 0.641. The fourth-order valence-corrected chi connectivity index (χ4v) is 1.13. The first-order chi connectivity index (χ1) is 6.03. The number of nitrogens with zero attached hydrogens (tertiary/aromatic N) is 1. The van der Waals surface area contributed by atoms with Gasteiger partial charge in [-0.2, -0.15) is 0 Å². The van der Waals surface area contributed by atoms with Crippen molar-refractivity contribution >= 4 is 6.29 Å². The Morgan fingerprint density at radius 3 is 2.85 bits per heavy atom. The van der Waals surface area contributed by atoms with E-state index in [1.54, 1.807) is 19.9 Å². The Balaban J connectivity index is 2.59. The Bertz CT molecular complexity index is 283. The number of carbonyl (C=O) groups excluding carboxylic acids is 1. The Labute approximate surface area is 78.0 Å². The van der Waals surface area contributed by atoms with Crippen LogP contribution >= 0.6 is 0 Å². The molecule has 0 radical (unpaired) electrons. The molecule has 1 heterocycles. The lowest BCUT2D eigenvalue weighted by Crippen LogP contribution is -2.21. The van der Waals surface area contributed by atoms with Crippen molar-refractivity contribution in [2.24, 2.45) is 0 Å². The van der Waals surface area contributed by atoms with Crippen LogP contribution in [0.2, 0.25) is 0 Å². The average molecular weight is 181 g/mol. The van der Waals surface area contributed by atoms with E-state index in [0.717, 1.165) is 6.29 Å². The monoisotopic (exact) mass is 181 g/mol. The molecule has 0 aliphatic rings. The highest BCUT2D eigenvalue weighted by Crippen LogP contribution is 2.10.